The lowest BCUT2D eigenvalue weighted by Gasteiger charge is -2.31. The molecule has 3 unspecified atom stereocenters. The molecule has 1 amide bonds. The largest absolute Gasteiger partial charge is 0.456 e. The zero-order valence-corrected chi connectivity index (χ0v) is 12.4. The molecule has 1 aliphatic rings. The molecular formula is C15H24N2O3. The van der Waals surface area contributed by atoms with E-state index >= 15 is 0 Å². The Morgan fingerprint density at radius 2 is 2.20 bits per heavy atom. The summed E-state index contributed by atoms with van der Waals surface area (Å²) in [6.07, 6.45) is 3.74. The number of furan rings is 1. The van der Waals surface area contributed by atoms with Gasteiger partial charge in [-0.15, -0.1) is 0 Å². The van der Waals surface area contributed by atoms with E-state index in [1.165, 1.54) is 6.42 Å². The van der Waals surface area contributed by atoms with Crippen LogP contribution in [0.25, 0.3) is 0 Å². The van der Waals surface area contributed by atoms with Crippen LogP contribution in [0.15, 0.2) is 10.5 Å². The van der Waals surface area contributed by atoms with Crippen molar-refractivity contribution < 1.29 is 13.9 Å². The minimum absolute atomic E-state index is 0.231. The molecule has 5 nitrogen and oxygen atoms in total. The van der Waals surface area contributed by atoms with Gasteiger partial charge in [0.2, 0.25) is 0 Å². The van der Waals surface area contributed by atoms with Crippen LogP contribution in [-0.2, 0) is 11.3 Å². The number of hydrazine groups is 1. The third kappa shape index (κ3) is 3.41. The second-order valence-corrected chi connectivity index (χ2v) is 5.87. The number of amides is 1. The molecule has 3 N–H and O–H groups in total. The number of rotatable bonds is 4. The molecule has 0 radical (unpaired) electrons. The summed E-state index contributed by atoms with van der Waals surface area (Å²) in [7, 11) is 0. The van der Waals surface area contributed by atoms with Gasteiger partial charge in [0.1, 0.15) is 5.76 Å². The summed E-state index contributed by atoms with van der Waals surface area (Å²) >= 11 is 0. The van der Waals surface area contributed by atoms with Crippen molar-refractivity contribution in [2.75, 3.05) is 0 Å². The fourth-order valence-corrected chi connectivity index (χ4v) is 2.70. The van der Waals surface area contributed by atoms with Gasteiger partial charge in [-0.3, -0.25) is 10.2 Å². The molecular weight excluding hydrogens is 256 g/mol. The molecule has 0 aliphatic heterocycles. The zero-order chi connectivity index (χ0) is 14.7. The number of nitrogens with one attached hydrogen (secondary N) is 1. The average molecular weight is 280 g/mol. The molecule has 1 aromatic rings. The highest BCUT2D eigenvalue weighted by Gasteiger charge is 2.25. The molecule has 0 bridgehead atoms. The fourth-order valence-electron chi connectivity index (χ4n) is 2.70. The van der Waals surface area contributed by atoms with Gasteiger partial charge in [0.15, 0.2) is 5.76 Å². The van der Waals surface area contributed by atoms with Crippen molar-refractivity contribution in [1.29, 1.82) is 0 Å². The van der Waals surface area contributed by atoms with E-state index in [2.05, 4.69) is 19.3 Å². The van der Waals surface area contributed by atoms with Crippen LogP contribution >= 0.6 is 0 Å². The van der Waals surface area contributed by atoms with E-state index in [0.717, 1.165) is 24.3 Å². The summed E-state index contributed by atoms with van der Waals surface area (Å²) in [5.41, 5.74) is 2.98. The molecule has 3 atom stereocenters. The fraction of sp³-hybridized carbons (Fsp3) is 0.667. The first-order valence-electron chi connectivity index (χ1n) is 7.23. The number of hydrogen-bond acceptors (Lipinski definition) is 4. The predicted octanol–water partition coefficient (Wildman–Crippen LogP) is 2.53. The molecule has 20 heavy (non-hydrogen) atoms. The second-order valence-electron chi connectivity index (χ2n) is 5.87. The van der Waals surface area contributed by atoms with Gasteiger partial charge in [-0.05, 0) is 44.1 Å². The molecule has 1 heterocycles. The summed E-state index contributed by atoms with van der Waals surface area (Å²) < 4.78 is 11.3. The molecule has 5 heteroatoms. The smallest absolute Gasteiger partial charge is 0.300 e. The van der Waals surface area contributed by atoms with Crippen molar-refractivity contribution in [2.24, 2.45) is 17.7 Å². The lowest BCUT2D eigenvalue weighted by atomic mass is 9.80. The van der Waals surface area contributed by atoms with E-state index in [1.54, 1.807) is 6.07 Å². The third-order valence-electron chi connectivity index (χ3n) is 4.40. The number of hydrogen-bond donors (Lipinski definition) is 2. The Morgan fingerprint density at radius 3 is 2.85 bits per heavy atom. The van der Waals surface area contributed by atoms with Crippen LogP contribution in [0.3, 0.4) is 0 Å². The summed E-state index contributed by atoms with van der Waals surface area (Å²) in [6, 6.07) is 1.70. The van der Waals surface area contributed by atoms with E-state index in [0.29, 0.717) is 24.4 Å². The van der Waals surface area contributed by atoms with Crippen molar-refractivity contribution in [2.45, 2.75) is 52.7 Å². The Bertz CT molecular complexity index is 470. The maximum atomic E-state index is 11.4. The van der Waals surface area contributed by atoms with Gasteiger partial charge in [-0.1, -0.05) is 13.8 Å². The molecule has 112 valence electrons. The number of ether oxygens (including phenoxy) is 1. The van der Waals surface area contributed by atoms with E-state index in [9.17, 15) is 4.79 Å². The number of carbonyl (C=O) groups is 1. The molecule has 0 spiro atoms. The minimum Gasteiger partial charge on any atom is -0.456 e. The van der Waals surface area contributed by atoms with Crippen molar-refractivity contribution >= 4 is 5.91 Å². The first-order chi connectivity index (χ1) is 9.51. The molecule has 2 rings (SSSR count). The molecule has 0 saturated heterocycles. The van der Waals surface area contributed by atoms with E-state index in [1.807, 2.05) is 6.92 Å². The van der Waals surface area contributed by atoms with Crippen molar-refractivity contribution in [3.63, 3.8) is 0 Å². The third-order valence-corrected chi connectivity index (χ3v) is 4.40. The predicted molar refractivity (Wildman–Crippen MR) is 75.9 cm³/mol. The van der Waals surface area contributed by atoms with Gasteiger partial charge < -0.3 is 9.15 Å². The van der Waals surface area contributed by atoms with Crippen LogP contribution in [0.4, 0.5) is 0 Å². The van der Waals surface area contributed by atoms with Crippen LogP contribution in [0.1, 0.15) is 55.0 Å². The monoisotopic (exact) mass is 280 g/mol. The normalized spacial score (nSPS) is 26.5. The van der Waals surface area contributed by atoms with Gasteiger partial charge in [0.25, 0.3) is 0 Å². The van der Waals surface area contributed by atoms with Crippen LogP contribution in [0, 0.1) is 18.8 Å². The number of carbonyl (C=O) groups excluding carboxylic acids is 1. The Labute approximate surface area is 119 Å². The number of nitrogens with two attached hydrogens (primary N) is 1. The van der Waals surface area contributed by atoms with Crippen LogP contribution < -0.4 is 11.3 Å². The van der Waals surface area contributed by atoms with Crippen molar-refractivity contribution in [1.82, 2.24) is 5.43 Å². The van der Waals surface area contributed by atoms with Crippen LogP contribution in [0.5, 0.6) is 0 Å². The van der Waals surface area contributed by atoms with Gasteiger partial charge >= 0.3 is 5.91 Å². The quantitative estimate of drug-likeness (QED) is 0.505. The molecule has 1 saturated carbocycles. The number of nitrogen functional groups attached to an aromatic ring is 1. The highest BCUT2D eigenvalue weighted by molar-refractivity contribution is 5.91. The molecule has 1 fully saturated rings. The van der Waals surface area contributed by atoms with E-state index in [4.69, 9.17) is 15.0 Å². The van der Waals surface area contributed by atoms with Gasteiger partial charge in [0, 0.05) is 5.56 Å². The molecule has 1 aliphatic carbocycles. The lowest BCUT2D eigenvalue weighted by molar-refractivity contribution is -0.00784. The Balaban J connectivity index is 1.91. The van der Waals surface area contributed by atoms with E-state index in [-0.39, 0.29) is 5.76 Å². The maximum absolute atomic E-state index is 11.4. The SMILES string of the molecule is Cc1oc(C(=O)NN)cc1COC1CCC(C)C(C)C1. The summed E-state index contributed by atoms with van der Waals surface area (Å²) in [6.45, 7) is 6.91. The molecule has 1 aromatic heterocycles. The summed E-state index contributed by atoms with van der Waals surface area (Å²) in [5, 5.41) is 0. The summed E-state index contributed by atoms with van der Waals surface area (Å²) in [5.74, 6) is 7.10. The van der Waals surface area contributed by atoms with Crippen LogP contribution in [0.2, 0.25) is 0 Å². The Hall–Kier alpha value is -1.33. The lowest BCUT2D eigenvalue weighted by Crippen LogP contribution is -2.29. The first kappa shape index (κ1) is 15.1. The maximum Gasteiger partial charge on any atom is 0.300 e. The van der Waals surface area contributed by atoms with Gasteiger partial charge in [-0.25, -0.2) is 5.84 Å². The average Bonchev–Trinajstić information content (AvgIpc) is 2.80. The van der Waals surface area contributed by atoms with Gasteiger partial charge in [-0.2, -0.15) is 0 Å². The van der Waals surface area contributed by atoms with Gasteiger partial charge in [0.05, 0.1) is 12.7 Å². The minimum atomic E-state index is -0.417. The number of aryl methyl sites for hydroxylation is 1. The second kappa shape index (κ2) is 6.41. The standard InChI is InChI=1S/C15H24N2O3/c1-9-4-5-13(6-10(9)2)19-8-12-7-14(15(18)17-16)20-11(12)3/h7,9-10,13H,4-6,8,16H2,1-3H3,(H,17,18). The Kier molecular flexibility index (Phi) is 4.83. The highest BCUT2D eigenvalue weighted by Crippen LogP contribution is 2.31. The van der Waals surface area contributed by atoms with Crippen LogP contribution in [-0.4, -0.2) is 12.0 Å². The highest BCUT2D eigenvalue weighted by atomic mass is 16.5. The zero-order valence-electron chi connectivity index (χ0n) is 12.4. The Morgan fingerprint density at radius 1 is 1.45 bits per heavy atom. The topological polar surface area (TPSA) is 77.5 Å². The van der Waals surface area contributed by atoms with Crippen molar-refractivity contribution in [3.8, 4) is 0 Å². The van der Waals surface area contributed by atoms with Crippen molar-refractivity contribution in [3.05, 3.63) is 23.2 Å². The first-order valence-corrected chi connectivity index (χ1v) is 7.23. The van der Waals surface area contributed by atoms with E-state index < -0.39 is 5.91 Å². The molecule has 0 aromatic carbocycles. The summed E-state index contributed by atoms with van der Waals surface area (Å²) in [4.78, 5) is 11.4.